The van der Waals surface area contributed by atoms with E-state index >= 15 is 0 Å². The number of methoxy groups -OCH3 is 1. The number of anilines is 1. The summed E-state index contributed by atoms with van der Waals surface area (Å²) < 4.78 is 37.1. The lowest BCUT2D eigenvalue weighted by molar-refractivity contribution is -0.121. The van der Waals surface area contributed by atoms with Gasteiger partial charge in [-0.1, -0.05) is 5.16 Å². The van der Waals surface area contributed by atoms with Crippen molar-refractivity contribution in [2.75, 3.05) is 38.6 Å². The molecule has 152 valence electrons. The van der Waals surface area contributed by atoms with Crippen LogP contribution in [0.15, 0.2) is 39.8 Å². The van der Waals surface area contributed by atoms with Crippen molar-refractivity contribution in [1.82, 2.24) is 14.4 Å². The maximum Gasteiger partial charge on any atom is 0.243 e. The summed E-state index contributed by atoms with van der Waals surface area (Å²) in [6.07, 6.45) is 0. The smallest absolute Gasteiger partial charge is 0.243 e. The molecule has 0 radical (unpaired) electrons. The van der Waals surface area contributed by atoms with E-state index in [9.17, 15) is 13.2 Å². The topological polar surface area (TPSA) is 105 Å². The second kappa shape index (κ2) is 8.29. The van der Waals surface area contributed by atoms with Crippen molar-refractivity contribution in [1.29, 1.82) is 0 Å². The maximum absolute atomic E-state index is 12.8. The van der Waals surface area contributed by atoms with Crippen LogP contribution in [0.2, 0.25) is 0 Å². The molecule has 1 atom stereocenters. The Balaban J connectivity index is 1.59. The summed E-state index contributed by atoms with van der Waals surface area (Å²) in [5.41, 5.74) is 0. The monoisotopic (exact) mass is 408 g/mol. The first kappa shape index (κ1) is 20.3. The second-order valence-corrected chi connectivity index (χ2v) is 8.54. The van der Waals surface area contributed by atoms with Crippen molar-refractivity contribution < 1.29 is 22.5 Å². The molecule has 1 amide bonds. The summed E-state index contributed by atoms with van der Waals surface area (Å²) in [4.78, 5) is 14.6. The number of hydrogen-bond acceptors (Lipinski definition) is 7. The second-order valence-electron chi connectivity index (χ2n) is 6.60. The van der Waals surface area contributed by atoms with Crippen molar-refractivity contribution >= 4 is 21.7 Å². The molecule has 1 aromatic heterocycles. The molecule has 0 aliphatic carbocycles. The largest absolute Gasteiger partial charge is 0.497 e. The molecule has 1 aliphatic heterocycles. The van der Waals surface area contributed by atoms with Gasteiger partial charge in [-0.05, 0) is 38.1 Å². The van der Waals surface area contributed by atoms with E-state index in [1.807, 2.05) is 4.90 Å². The molecule has 0 unspecified atom stereocenters. The first-order valence-corrected chi connectivity index (χ1v) is 10.4. The molecule has 1 saturated heterocycles. The standard InChI is InChI=1S/C18H24N4O5S/c1-13-12-17(20-27-13)19-18(23)14(2)21-8-10-22(11-9-21)28(24,25)16-6-4-15(26-3)5-7-16/h4-7,12,14H,8-11H2,1-3H3,(H,19,20,23)/t14-/m0/s1. The van der Waals surface area contributed by atoms with Crippen molar-refractivity contribution in [2.24, 2.45) is 0 Å². The minimum Gasteiger partial charge on any atom is -0.497 e. The minimum atomic E-state index is -3.57. The maximum atomic E-state index is 12.8. The predicted molar refractivity (Wildman–Crippen MR) is 103 cm³/mol. The molecule has 1 fully saturated rings. The third-order valence-electron chi connectivity index (χ3n) is 4.78. The van der Waals surface area contributed by atoms with Crippen LogP contribution >= 0.6 is 0 Å². The highest BCUT2D eigenvalue weighted by atomic mass is 32.2. The van der Waals surface area contributed by atoms with Gasteiger partial charge in [-0.15, -0.1) is 0 Å². The Morgan fingerprint density at radius 2 is 1.86 bits per heavy atom. The van der Waals surface area contributed by atoms with Gasteiger partial charge < -0.3 is 14.6 Å². The highest BCUT2D eigenvalue weighted by Crippen LogP contribution is 2.21. The first-order chi connectivity index (χ1) is 13.3. The van der Waals surface area contributed by atoms with Gasteiger partial charge in [-0.3, -0.25) is 9.69 Å². The molecule has 1 aromatic carbocycles. The lowest BCUT2D eigenvalue weighted by atomic mass is 10.2. The molecule has 10 heteroatoms. The van der Waals surface area contributed by atoms with E-state index in [-0.39, 0.29) is 10.8 Å². The quantitative estimate of drug-likeness (QED) is 0.769. The van der Waals surface area contributed by atoms with Crippen LogP contribution in [-0.2, 0) is 14.8 Å². The molecular formula is C18H24N4O5S. The molecule has 2 heterocycles. The van der Waals surface area contributed by atoms with Crippen LogP contribution < -0.4 is 10.1 Å². The zero-order chi connectivity index (χ0) is 20.3. The number of ether oxygens (including phenoxy) is 1. The van der Waals surface area contributed by atoms with Crippen LogP contribution in [0.5, 0.6) is 5.75 Å². The van der Waals surface area contributed by atoms with Crippen LogP contribution in [0.1, 0.15) is 12.7 Å². The fraction of sp³-hybridized carbons (Fsp3) is 0.444. The zero-order valence-corrected chi connectivity index (χ0v) is 16.9. The number of carbonyl (C=O) groups is 1. The Morgan fingerprint density at radius 1 is 1.21 bits per heavy atom. The molecule has 0 bridgehead atoms. The number of nitrogens with one attached hydrogen (secondary N) is 1. The Bertz CT molecular complexity index is 918. The normalized spacial score (nSPS) is 17.2. The van der Waals surface area contributed by atoms with E-state index in [1.54, 1.807) is 32.0 Å². The number of hydrogen-bond donors (Lipinski definition) is 1. The molecule has 1 N–H and O–H groups in total. The summed E-state index contributed by atoms with van der Waals surface area (Å²) in [5.74, 6) is 1.38. The fourth-order valence-electron chi connectivity index (χ4n) is 3.05. The van der Waals surface area contributed by atoms with Gasteiger partial charge in [-0.25, -0.2) is 8.42 Å². The van der Waals surface area contributed by atoms with Gasteiger partial charge in [0.1, 0.15) is 11.5 Å². The number of aryl methyl sites for hydroxylation is 1. The molecular weight excluding hydrogens is 384 g/mol. The molecule has 3 rings (SSSR count). The van der Waals surface area contributed by atoms with E-state index in [0.717, 1.165) is 0 Å². The Labute approximate surface area is 164 Å². The number of nitrogens with zero attached hydrogens (tertiary/aromatic N) is 3. The first-order valence-electron chi connectivity index (χ1n) is 8.93. The number of piperazine rings is 1. The Hall–Kier alpha value is -2.43. The Kier molecular flexibility index (Phi) is 6.01. The number of aromatic nitrogens is 1. The van der Waals surface area contributed by atoms with Crippen LogP contribution in [0.3, 0.4) is 0 Å². The van der Waals surface area contributed by atoms with E-state index in [0.29, 0.717) is 43.5 Å². The van der Waals surface area contributed by atoms with Crippen molar-refractivity contribution in [3.63, 3.8) is 0 Å². The summed E-state index contributed by atoms with van der Waals surface area (Å²) in [6, 6.07) is 7.56. The Morgan fingerprint density at radius 3 is 2.39 bits per heavy atom. The minimum absolute atomic E-state index is 0.209. The SMILES string of the molecule is COc1ccc(S(=O)(=O)N2CCN([C@@H](C)C(=O)Nc3cc(C)on3)CC2)cc1. The number of rotatable bonds is 6. The van der Waals surface area contributed by atoms with Gasteiger partial charge in [0.15, 0.2) is 5.82 Å². The van der Waals surface area contributed by atoms with E-state index in [1.165, 1.54) is 23.5 Å². The summed E-state index contributed by atoms with van der Waals surface area (Å²) >= 11 is 0. The molecule has 28 heavy (non-hydrogen) atoms. The molecule has 9 nitrogen and oxygen atoms in total. The van der Waals surface area contributed by atoms with Gasteiger partial charge in [0.05, 0.1) is 18.0 Å². The van der Waals surface area contributed by atoms with E-state index in [2.05, 4.69) is 10.5 Å². The third-order valence-corrected chi connectivity index (χ3v) is 6.69. The number of benzene rings is 1. The molecule has 2 aromatic rings. The van der Waals surface area contributed by atoms with Gasteiger partial charge in [0.25, 0.3) is 0 Å². The molecule has 1 aliphatic rings. The van der Waals surface area contributed by atoms with Crippen molar-refractivity contribution in [3.8, 4) is 5.75 Å². The van der Waals surface area contributed by atoms with Gasteiger partial charge in [0, 0.05) is 32.2 Å². The zero-order valence-electron chi connectivity index (χ0n) is 16.1. The lowest BCUT2D eigenvalue weighted by Crippen LogP contribution is -2.53. The van der Waals surface area contributed by atoms with Crippen LogP contribution in [0.25, 0.3) is 0 Å². The van der Waals surface area contributed by atoms with Crippen molar-refractivity contribution in [3.05, 3.63) is 36.1 Å². The number of sulfonamides is 1. The highest BCUT2D eigenvalue weighted by Gasteiger charge is 2.32. The highest BCUT2D eigenvalue weighted by molar-refractivity contribution is 7.89. The lowest BCUT2D eigenvalue weighted by Gasteiger charge is -2.36. The molecule has 0 saturated carbocycles. The fourth-order valence-corrected chi connectivity index (χ4v) is 4.47. The van der Waals surface area contributed by atoms with Crippen molar-refractivity contribution in [2.45, 2.75) is 24.8 Å². The summed E-state index contributed by atoms with van der Waals surface area (Å²) in [6.45, 7) is 5.08. The molecule has 0 spiro atoms. The van der Waals surface area contributed by atoms with Crippen LogP contribution in [0.4, 0.5) is 5.82 Å². The average molecular weight is 408 g/mol. The van der Waals surface area contributed by atoms with Gasteiger partial charge in [0.2, 0.25) is 15.9 Å². The number of amides is 1. The number of carbonyl (C=O) groups excluding carboxylic acids is 1. The predicted octanol–water partition coefficient (Wildman–Crippen LogP) is 1.33. The van der Waals surface area contributed by atoms with E-state index < -0.39 is 16.1 Å². The third kappa shape index (κ3) is 4.34. The van der Waals surface area contributed by atoms with Crippen LogP contribution in [0, 0.1) is 6.92 Å². The van der Waals surface area contributed by atoms with E-state index in [4.69, 9.17) is 9.26 Å². The van der Waals surface area contributed by atoms with Gasteiger partial charge >= 0.3 is 0 Å². The summed E-state index contributed by atoms with van der Waals surface area (Å²) in [7, 11) is -2.04. The van der Waals surface area contributed by atoms with Gasteiger partial charge in [-0.2, -0.15) is 4.31 Å². The summed E-state index contributed by atoms with van der Waals surface area (Å²) in [5, 5.41) is 6.46. The average Bonchev–Trinajstić information content (AvgIpc) is 3.12. The van der Waals surface area contributed by atoms with Crippen LogP contribution in [-0.4, -0.2) is 68.0 Å².